The van der Waals surface area contributed by atoms with E-state index in [1.165, 1.54) is 16.7 Å². The molecule has 118 valence electrons. The lowest BCUT2D eigenvalue weighted by Crippen LogP contribution is -2.37. The van der Waals surface area contributed by atoms with Gasteiger partial charge in [0.05, 0.1) is 5.69 Å². The molecule has 1 aliphatic rings. The summed E-state index contributed by atoms with van der Waals surface area (Å²) in [5.41, 5.74) is 12.2. The zero-order chi connectivity index (χ0) is 16.2. The quantitative estimate of drug-likeness (QED) is 0.676. The average molecular weight is 305 g/mol. The van der Waals surface area contributed by atoms with Crippen LogP contribution in [0.2, 0.25) is 0 Å². The van der Waals surface area contributed by atoms with Crippen molar-refractivity contribution in [3.8, 4) is 0 Å². The van der Waals surface area contributed by atoms with Crippen LogP contribution in [0.4, 0.5) is 11.4 Å². The van der Waals surface area contributed by atoms with Crippen LogP contribution in [-0.4, -0.2) is 12.5 Å². The molecule has 3 rings (SSSR count). The number of benzene rings is 2. The molecule has 0 radical (unpaired) electrons. The second-order valence-corrected chi connectivity index (χ2v) is 5.69. The third-order valence-corrected chi connectivity index (χ3v) is 4.25. The zero-order valence-corrected chi connectivity index (χ0v) is 13.8. The SMILES string of the molecule is CCc1cccc(N(CC)C(N)=Nc2cccc3c2C=CC3)c1. The van der Waals surface area contributed by atoms with Gasteiger partial charge in [-0.1, -0.05) is 43.3 Å². The summed E-state index contributed by atoms with van der Waals surface area (Å²) in [5, 5.41) is 0. The van der Waals surface area contributed by atoms with Crippen LogP contribution >= 0.6 is 0 Å². The van der Waals surface area contributed by atoms with Crippen molar-refractivity contribution in [3.63, 3.8) is 0 Å². The molecule has 0 saturated carbocycles. The number of rotatable bonds is 4. The van der Waals surface area contributed by atoms with E-state index in [0.717, 1.165) is 30.8 Å². The highest BCUT2D eigenvalue weighted by Crippen LogP contribution is 2.29. The topological polar surface area (TPSA) is 41.6 Å². The summed E-state index contributed by atoms with van der Waals surface area (Å²) >= 11 is 0. The Hall–Kier alpha value is -2.55. The average Bonchev–Trinajstić information content (AvgIpc) is 3.05. The summed E-state index contributed by atoms with van der Waals surface area (Å²) in [6, 6.07) is 14.7. The molecule has 0 unspecified atom stereocenters. The summed E-state index contributed by atoms with van der Waals surface area (Å²) in [5.74, 6) is 0.537. The van der Waals surface area contributed by atoms with Crippen LogP contribution in [0.3, 0.4) is 0 Å². The van der Waals surface area contributed by atoms with Crippen LogP contribution in [0, 0.1) is 0 Å². The van der Waals surface area contributed by atoms with Crippen molar-refractivity contribution in [2.24, 2.45) is 10.7 Å². The smallest absolute Gasteiger partial charge is 0.201 e. The summed E-state index contributed by atoms with van der Waals surface area (Å²) in [6.45, 7) is 5.04. The third-order valence-electron chi connectivity index (χ3n) is 4.25. The molecule has 2 N–H and O–H groups in total. The second kappa shape index (κ2) is 6.69. The van der Waals surface area contributed by atoms with Crippen LogP contribution in [0.5, 0.6) is 0 Å². The summed E-state index contributed by atoms with van der Waals surface area (Å²) in [6.07, 6.45) is 6.30. The number of hydrogen-bond donors (Lipinski definition) is 1. The van der Waals surface area contributed by atoms with Crippen LogP contribution in [0.1, 0.15) is 30.5 Å². The maximum Gasteiger partial charge on any atom is 0.201 e. The van der Waals surface area contributed by atoms with Gasteiger partial charge < -0.3 is 10.6 Å². The molecular formula is C20H23N3. The number of aliphatic imine (C=N–C) groups is 1. The fourth-order valence-corrected chi connectivity index (χ4v) is 2.98. The molecule has 0 saturated heterocycles. The van der Waals surface area contributed by atoms with Gasteiger partial charge in [-0.2, -0.15) is 0 Å². The molecule has 0 heterocycles. The fraction of sp³-hybridized carbons (Fsp3) is 0.250. The minimum absolute atomic E-state index is 0.537. The number of hydrogen-bond acceptors (Lipinski definition) is 1. The number of fused-ring (bicyclic) bond motifs is 1. The fourth-order valence-electron chi connectivity index (χ4n) is 2.98. The lowest BCUT2D eigenvalue weighted by atomic mass is 10.1. The normalized spacial score (nSPS) is 13.2. The molecule has 0 spiro atoms. The Morgan fingerprint density at radius 1 is 1.17 bits per heavy atom. The van der Waals surface area contributed by atoms with E-state index in [1.54, 1.807) is 0 Å². The van der Waals surface area contributed by atoms with Gasteiger partial charge in [-0.3, -0.25) is 0 Å². The van der Waals surface area contributed by atoms with Crippen molar-refractivity contribution in [1.82, 2.24) is 0 Å². The number of guanidine groups is 1. The van der Waals surface area contributed by atoms with Gasteiger partial charge in [0.25, 0.3) is 0 Å². The molecule has 0 fully saturated rings. The first-order valence-corrected chi connectivity index (χ1v) is 8.22. The maximum absolute atomic E-state index is 6.33. The lowest BCUT2D eigenvalue weighted by molar-refractivity contribution is 1.03. The first-order valence-electron chi connectivity index (χ1n) is 8.22. The summed E-state index contributed by atoms with van der Waals surface area (Å²) in [4.78, 5) is 6.76. The zero-order valence-electron chi connectivity index (χ0n) is 13.8. The molecule has 0 aliphatic heterocycles. The van der Waals surface area contributed by atoms with Gasteiger partial charge in [-0.15, -0.1) is 0 Å². The molecule has 23 heavy (non-hydrogen) atoms. The third kappa shape index (κ3) is 3.14. The van der Waals surface area contributed by atoms with Crippen molar-refractivity contribution < 1.29 is 0 Å². The highest BCUT2D eigenvalue weighted by atomic mass is 15.3. The Bertz CT molecular complexity index is 759. The van der Waals surface area contributed by atoms with E-state index >= 15 is 0 Å². The van der Waals surface area contributed by atoms with E-state index in [1.807, 2.05) is 12.1 Å². The molecule has 3 nitrogen and oxygen atoms in total. The minimum Gasteiger partial charge on any atom is -0.369 e. The van der Waals surface area contributed by atoms with Crippen LogP contribution < -0.4 is 10.6 Å². The van der Waals surface area contributed by atoms with Gasteiger partial charge in [0.1, 0.15) is 0 Å². The lowest BCUT2D eigenvalue weighted by Gasteiger charge is -2.22. The van der Waals surface area contributed by atoms with Crippen LogP contribution in [0.25, 0.3) is 6.08 Å². The summed E-state index contributed by atoms with van der Waals surface area (Å²) in [7, 11) is 0. The number of aryl methyl sites for hydroxylation is 1. The molecule has 1 aliphatic carbocycles. The molecular weight excluding hydrogens is 282 g/mol. The van der Waals surface area contributed by atoms with Crippen molar-refractivity contribution in [1.29, 1.82) is 0 Å². The molecule has 2 aromatic carbocycles. The van der Waals surface area contributed by atoms with E-state index in [4.69, 9.17) is 10.7 Å². The molecule has 3 heteroatoms. The predicted molar refractivity (Wildman–Crippen MR) is 99.3 cm³/mol. The second-order valence-electron chi connectivity index (χ2n) is 5.69. The Morgan fingerprint density at radius 3 is 2.78 bits per heavy atom. The Labute approximate surface area is 138 Å². The van der Waals surface area contributed by atoms with Crippen molar-refractivity contribution in [2.75, 3.05) is 11.4 Å². The number of allylic oxidation sites excluding steroid dienone is 1. The largest absolute Gasteiger partial charge is 0.369 e. The van der Waals surface area contributed by atoms with E-state index in [9.17, 15) is 0 Å². The van der Waals surface area contributed by atoms with Gasteiger partial charge in [0, 0.05) is 17.8 Å². The number of nitrogens with two attached hydrogens (primary N) is 1. The van der Waals surface area contributed by atoms with Gasteiger partial charge in [-0.05, 0) is 49.1 Å². The molecule has 0 bridgehead atoms. The van der Waals surface area contributed by atoms with Gasteiger partial charge in [-0.25, -0.2) is 4.99 Å². The van der Waals surface area contributed by atoms with Crippen LogP contribution in [0.15, 0.2) is 53.5 Å². The Morgan fingerprint density at radius 2 is 2.00 bits per heavy atom. The van der Waals surface area contributed by atoms with Crippen LogP contribution in [-0.2, 0) is 12.8 Å². The van der Waals surface area contributed by atoms with Crippen molar-refractivity contribution in [3.05, 3.63) is 65.2 Å². The first-order chi connectivity index (χ1) is 11.2. The maximum atomic E-state index is 6.33. The van der Waals surface area contributed by atoms with E-state index in [2.05, 4.69) is 61.2 Å². The monoisotopic (exact) mass is 305 g/mol. The minimum atomic E-state index is 0.537. The highest BCUT2D eigenvalue weighted by molar-refractivity contribution is 5.97. The molecule has 0 aromatic heterocycles. The van der Waals surface area contributed by atoms with E-state index < -0.39 is 0 Å². The Kier molecular flexibility index (Phi) is 4.47. The Balaban J connectivity index is 1.95. The predicted octanol–water partition coefficient (Wildman–Crippen LogP) is 4.29. The molecule has 0 amide bonds. The number of anilines is 1. The number of nitrogens with zero attached hydrogens (tertiary/aromatic N) is 2. The van der Waals surface area contributed by atoms with Gasteiger partial charge >= 0.3 is 0 Å². The van der Waals surface area contributed by atoms with E-state index in [-0.39, 0.29) is 0 Å². The van der Waals surface area contributed by atoms with Crippen molar-refractivity contribution in [2.45, 2.75) is 26.7 Å². The highest BCUT2D eigenvalue weighted by Gasteiger charge is 2.12. The standard InChI is InChI=1S/C20H23N3/c1-3-15-8-5-11-17(14-15)23(4-2)20(21)22-19-13-7-10-16-9-6-12-18(16)19/h5-8,10-14H,3-4,9H2,1-2H3,(H2,21,22). The first kappa shape index (κ1) is 15.3. The molecule has 2 aromatic rings. The molecule has 0 atom stereocenters. The van der Waals surface area contributed by atoms with Gasteiger partial charge in [0.2, 0.25) is 5.96 Å². The summed E-state index contributed by atoms with van der Waals surface area (Å²) < 4.78 is 0. The van der Waals surface area contributed by atoms with E-state index in [0.29, 0.717) is 5.96 Å². The van der Waals surface area contributed by atoms with Crippen molar-refractivity contribution >= 4 is 23.4 Å². The van der Waals surface area contributed by atoms with Gasteiger partial charge in [0.15, 0.2) is 0 Å².